The summed E-state index contributed by atoms with van der Waals surface area (Å²) < 4.78 is 5.63. The zero-order chi connectivity index (χ0) is 14.7. The van der Waals surface area contributed by atoms with Gasteiger partial charge in [0.25, 0.3) is 0 Å². The number of rotatable bonds is 4. The quantitative estimate of drug-likeness (QED) is 0.718. The lowest BCUT2D eigenvalue weighted by molar-refractivity contribution is 0.499. The Kier molecular flexibility index (Phi) is 3.78. The summed E-state index contributed by atoms with van der Waals surface area (Å²) in [5.74, 6) is 0.919. The standard InChI is InChI=1S/C19H19NO/c1-14-10-11-15(2)17(13-14)20-19(18-9-6-12-21-18)16-7-4-3-5-8-16/h3-13,19-20H,1-2H3. The van der Waals surface area contributed by atoms with E-state index in [9.17, 15) is 0 Å². The summed E-state index contributed by atoms with van der Waals surface area (Å²) in [7, 11) is 0. The Bertz CT molecular complexity index is 702. The monoisotopic (exact) mass is 277 g/mol. The molecule has 1 heterocycles. The zero-order valence-corrected chi connectivity index (χ0v) is 12.3. The van der Waals surface area contributed by atoms with Crippen LogP contribution in [-0.2, 0) is 0 Å². The molecule has 2 nitrogen and oxygen atoms in total. The lowest BCUT2D eigenvalue weighted by Gasteiger charge is -2.20. The van der Waals surface area contributed by atoms with Gasteiger partial charge < -0.3 is 9.73 Å². The van der Waals surface area contributed by atoms with E-state index in [2.05, 4.69) is 61.6 Å². The maximum absolute atomic E-state index is 5.63. The summed E-state index contributed by atoms with van der Waals surface area (Å²) in [6.45, 7) is 4.22. The highest BCUT2D eigenvalue weighted by molar-refractivity contribution is 5.55. The summed E-state index contributed by atoms with van der Waals surface area (Å²) in [5.41, 5.74) is 4.80. The number of furan rings is 1. The Morgan fingerprint density at radius 2 is 1.71 bits per heavy atom. The van der Waals surface area contributed by atoms with Crippen LogP contribution >= 0.6 is 0 Å². The molecule has 0 spiro atoms. The van der Waals surface area contributed by atoms with Crippen LogP contribution in [0.1, 0.15) is 28.5 Å². The fourth-order valence-corrected chi connectivity index (χ4v) is 2.47. The summed E-state index contributed by atoms with van der Waals surface area (Å²) in [4.78, 5) is 0. The van der Waals surface area contributed by atoms with Crippen LogP contribution in [0.2, 0.25) is 0 Å². The van der Waals surface area contributed by atoms with Crippen molar-refractivity contribution in [2.24, 2.45) is 0 Å². The molecule has 2 aromatic carbocycles. The first kappa shape index (κ1) is 13.5. The topological polar surface area (TPSA) is 25.2 Å². The molecule has 1 unspecified atom stereocenters. The first-order valence-electron chi connectivity index (χ1n) is 7.16. The SMILES string of the molecule is Cc1ccc(C)c(NC(c2ccccc2)c2ccco2)c1. The zero-order valence-electron chi connectivity index (χ0n) is 12.3. The number of anilines is 1. The van der Waals surface area contributed by atoms with Gasteiger partial charge in [0.2, 0.25) is 0 Å². The highest BCUT2D eigenvalue weighted by Crippen LogP contribution is 2.28. The van der Waals surface area contributed by atoms with E-state index in [0.29, 0.717) is 0 Å². The van der Waals surface area contributed by atoms with Crippen molar-refractivity contribution in [3.05, 3.63) is 89.4 Å². The highest BCUT2D eigenvalue weighted by atomic mass is 16.3. The Hall–Kier alpha value is -2.48. The van der Waals surface area contributed by atoms with Crippen LogP contribution in [0.4, 0.5) is 5.69 Å². The fraction of sp³-hybridized carbons (Fsp3) is 0.158. The van der Waals surface area contributed by atoms with Crippen molar-refractivity contribution in [1.82, 2.24) is 0 Å². The smallest absolute Gasteiger partial charge is 0.130 e. The van der Waals surface area contributed by atoms with Gasteiger partial charge in [-0.3, -0.25) is 0 Å². The summed E-state index contributed by atoms with van der Waals surface area (Å²) >= 11 is 0. The average Bonchev–Trinajstić information content (AvgIpc) is 3.03. The predicted molar refractivity (Wildman–Crippen MR) is 86.5 cm³/mol. The Labute approximate surface area is 125 Å². The van der Waals surface area contributed by atoms with Crippen molar-refractivity contribution in [1.29, 1.82) is 0 Å². The van der Waals surface area contributed by atoms with Crippen LogP contribution in [0.25, 0.3) is 0 Å². The number of hydrogen-bond donors (Lipinski definition) is 1. The van der Waals surface area contributed by atoms with Gasteiger partial charge in [-0.25, -0.2) is 0 Å². The third-order valence-corrected chi connectivity index (χ3v) is 3.65. The second kappa shape index (κ2) is 5.88. The molecule has 0 aliphatic rings. The number of hydrogen-bond acceptors (Lipinski definition) is 2. The van der Waals surface area contributed by atoms with Crippen molar-refractivity contribution < 1.29 is 4.42 Å². The Morgan fingerprint density at radius 3 is 2.43 bits per heavy atom. The molecule has 0 fully saturated rings. The second-order valence-electron chi connectivity index (χ2n) is 5.32. The molecular weight excluding hydrogens is 258 g/mol. The first-order chi connectivity index (χ1) is 10.2. The van der Waals surface area contributed by atoms with Crippen molar-refractivity contribution in [3.63, 3.8) is 0 Å². The van der Waals surface area contributed by atoms with Crippen molar-refractivity contribution >= 4 is 5.69 Å². The van der Waals surface area contributed by atoms with Crippen LogP contribution in [0.5, 0.6) is 0 Å². The van der Waals surface area contributed by atoms with E-state index >= 15 is 0 Å². The molecule has 3 aromatic rings. The van der Waals surface area contributed by atoms with Crippen LogP contribution in [0.3, 0.4) is 0 Å². The molecule has 1 N–H and O–H groups in total. The number of nitrogens with one attached hydrogen (secondary N) is 1. The van der Waals surface area contributed by atoms with Gasteiger partial charge in [0.15, 0.2) is 0 Å². The molecule has 2 heteroatoms. The largest absolute Gasteiger partial charge is 0.467 e. The first-order valence-corrected chi connectivity index (χ1v) is 7.16. The van der Waals surface area contributed by atoms with Crippen LogP contribution < -0.4 is 5.32 Å². The van der Waals surface area contributed by atoms with Crippen molar-refractivity contribution in [2.45, 2.75) is 19.9 Å². The van der Waals surface area contributed by atoms with Gasteiger partial charge >= 0.3 is 0 Å². The van der Waals surface area contributed by atoms with E-state index in [0.717, 1.165) is 11.4 Å². The van der Waals surface area contributed by atoms with Gasteiger partial charge in [0.1, 0.15) is 11.8 Å². The minimum atomic E-state index is 0.0155. The minimum Gasteiger partial charge on any atom is -0.467 e. The molecule has 0 amide bonds. The van der Waals surface area contributed by atoms with Gasteiger partial charge in [-0.1, -0.05) is 42.5 Å². The maximum Gasteiger partial charge on any atom is 0.130 e. The van der Waals surface area contributed by atoms with Crippen molar-refractivity contribution in [3.8, 4) is 0 Å². The third kappa shape index (κ3) is 3.00. The Balaban J connectivity index is 1.99. The fourth-order valence-electron chi connectivity index (χ4n) is 2.47. The second-order valence-corrected chi connectivity index (χ2v) is 5.32. The summed E-state index contributed by atoms with van der Waals surface area (Å²) in [6, 6.07) is 20.8. The molecule has 0 saturated heterocycles. The molecule has 0 aliphatic heterocycles. The highest BCUT2D eigenvalue weighted by Gasteiger charge is 2.17. The molecular formula is C19H19NO. The molecule has 1 aromatic heterocycles. The number of aryl methyl sites for hydroxylation is 2. The molecule has 3 rings (SSSR count). The molecule has 0 aliphatic carbocycles. The molecule has 0 radical (unpaired) electrons. The molecule has 106 valence electrons. The lowest BCUT2D eigenvalue weighted by Crippen LogP contribution is -2.12. The van der Waals surface area contributed by atoms with E-state index in [4.69, 9.17) is 4.42 Å². The van der Waals surface area contributed by atoms with E-state index < -0.39 is 0 Å². The van der Waals surface area contributed by atoms with Gasteiger partial charge in [-0.05, 0) is 48.7 Å². The normalized spacial score (nSPS) is 12.1. The molecule has 0 saturated carbocycles. The number of benzene rings is 2. The van der Waals surface area contributed by atoms with Gasteiger partial charge in [0.05, 0.1) is 6.26 Å². The van der Waals surface area contributed by atoms with E-state index in [1.54, 1.807) is 6.26 Å². The lowest BCUT2D eigenvalue weighted by atomic mass is 10.0. The van der Waals surface area contributed by atoms with Crippen LogP contribution in [-0.4, -0.2) is 0 Å². The minimum absolute atomic E-state index is 0.0155. The summed E-state index contributed by atoms with van der Waals surface area (Å²) in [5, 5.41) is 3.61. The molecule has 0 bridgehead atoms. The average molecular weight is 277 g/mol. The van der Waals surface area contributed by atoms with E-state index in [1.807, 2.05) is 18.2 Å². The van der Waals surface area contributed by atoms with Crippen LogP contribution in [0, 0.1) is 13.8 Å². The van der Waals surface area contributed by atoms with Gasteiger partial charge in [-0.15, -0.1) is 0 Å². The van der Waals surface area contributed by atoms with E-state index in [-0.39, 0.29) is 6.04 Å². The van der Waals surface area contributed by atoms with Gasteiger partial charge in [-0.2, -0.15) is 0 Å². The van der Waals surface area contributed by atoms with Gasteiger partial charge in [0, 0.05) is 5.69 Å². The van der Waals surface area contributed by atoms with Crippen LogP contribution in [0.15, 0.2) is 71.3 Å². The molecule has 21 heavy (non-hydrogen) atoms. The van der Waals surface area contributed by atoms with E-state index in [1.165, 1.54) is 16.7 Å². The molecule has 1 atom stereocenters. The Morgan fingerprint density at radius 1 is 0.905 bits per heavy atom. The third-order valence-electron chi connectivity index (χ3n) is 3.65. The predicted octanol–water partition coefficient (Wildman–Crippen LogP) is 5.10. The summed E-state index contributed by atoms with van der Waals surface area (Å²) in [6.07, 6.45) is 1.72. The van der Waals surface area contributed by atoms with Crippen molar-refractivity contribution in [2.75, 3.05) is 5.32 Å². The maximum atomic E-state index is 5.63.